The molecule has 6 nitrogen and oxygen atoms in total. The number of aryl methyl sites for hydroxylation is 2. The Morgan fingerprint density at radius 2 is 1.81 bits per heavy atom. The van der Waals surface area contributed by atoms with Crippen LogP contribution in [-0.2, 0) is 20.9 Å². The Labute approximate surface area is 151 Å². The highest BCUT2D eigenvalue weighted by Crippen LogP contribution is 2.32. The Hall–Kier alpha value is -1.23. The highest BCUT2D eigenvalue weighted by atomic mass is 32.2. The van der Waals surface area contributed by atoms with Crippen LogP contribution in [0.5, 0.6) is 0 Å². The Morgan fingerprint density at radius 1 is 1.19 bits per heavy atom. The van der Waals surface area contributed by atoms with Gasteiger partial charge < -0.3 is 9.64 Å². The van der Waals surface area contributed by atoms with Crippen molar-refractivity contribution in [3.8, 4) is 0 Å². The molecular formula is C16H22F3N3O3S. The second-order valence-corrected chi connectivity index (χ2v) is 8.72. The molecule has 0 amide bonds. The lowest BCUT2D eigenvalue weighted by atomic mass is 10.1. The lowest BCUT2D eigenvalue weighted by molar-refractivity contribution is -0.141. The number of pyridine rings is 1. The first kappa shape index (κ1) is 19.5. The standard InChI is InChI=1S/C16H22F3N3O3S/c1-11-7-14(16(17,18)19)20-12(2)15(11)26(23,24)22-5-3-21(4-6-22)8-13-9-25-10-13/h7,13H,3-6,8-10H2,1-2H3. The van der Waals surface area contributed by atoms with Gasteiger partial charge in [0.15, 0.2) is 0 Å². The van der Waals surface area contributed by atoms with Crippen molar-refractivity contribution >= 4 is 10.0 Å². The van der Waals surface area contributed by atoms with Crippen LogP contribution < -0.4 is 0 Å². The van der Waals surface area contributed by atoms with Crippen LogP contribution in [0.4, 0.5) is 13.2 Å². The van der Waals surface area contributed by atoms with Gasteiger partial charge in [0, 0.05) is 38.6 Å². The Balaban J connectivity index is 1.76. The second kappa shape index (κ2) is 7.06. The number of piperazine rings is 1. The molecule has 1 aromatic heterocycles. The van der Waals surface area contributed by atoms with Gasteiger partial charge in [0.25, 0.3) is 0 Å². The fourth-order valence-electron chi connectivity index (χ4n) is 3.39. The fourth-order valence-corrected chi connectivity index (χ4v) is 5.18. The molecule has 2 aliphatic heterocycles. The number of ether oxygens (including phenoxy) is 1. The van der Waals surface area contributed by atoms with E-state index >= 15 is 0 Å². The van der Waals surface area contributed by atoms with Crippen molar-refractivity contribution in [2.75, 3.05) is 45.9 Å². The summed E-state index contributed by atoms with van der Waals surface area (Å²) in [5.41, 5.74) is -1.12. The topological polar surface area (TPSA) is 62.7 Å². The molecule has 1 aromatic rings. The zero-order valence-corrected chi connectivity index (χ0v) is 15.5. The Bertz CT molecular complexity index is 748. The molecule has 0 unspecified atom stereocenters. The molecule has 3 rings (SSSR count). The number of aromatic nitrogens is 1. The van der Waals surface area contributed by atoms with Crippen LogP contribution in [0.3, 0.4) is 0 Å². The molecule has 0 aliphatic carbocycles. The van der Waals surface area contributed by atoms with Gasteiger partial charge in [-0.25, -0.2) is 13.4 Å². The number of nitrogens with zero attached hydrogens (tertiary/aromatic N) is 3. The van der Waals surface area contributed by atoms with Gasteiger partial charge >= 0.3 is 6.18 Å². The van der Waals surface area contributed by atoms with E-state index in [-0.39, 0.29) is 16.2 Å². The quantitative estimate of drug-likeness (QED) is 0.779. The van der Waals surface area contributed by atoms with E-state index in [0.29, 0.717) is 32.1 Å². The number of alkyl halides is 3. The molecule has 26 heavy (non-hydrogen) atoms. The van der Waals surface area contributed by atoms with E-state index in [0.717, 1.165) is 25.8 Å². The van der Waals surface area contributed by atoms with E-state index in [2.05, 4.69) is 9.88 Å². The number of sulfonamides is 1. The predicted molar refractivity (Wildman–Crippen MR) is 88.2 cm³/mol. The molecule has 0 spiro atoms. The minimum absolute atomic E-state index is 0.0684. The van der Waals surface area contributed by atoms with Gasteiger partial charge in [0.1, 0.15) is 10.6 Å². The van der Waals surface area contributed by atoms with Gasteiger partial charge in [-0.2, -0.15) is 17.5 Å². The summed E-state index contributed by atoms with van der Waals surface area (Å²) in [6, 6.07) is 0.798. The lowest BCUT2D eigenvalue weighted by Crippen LogP contribution is -2.51. The SMILES string of the molecule is Cc1cc(C(F)(F)F)nc(C)c1S(=O)(=O)N1CCN(CC2COC2)CC1. The van der Waals surface area contributed by atoms with E-state index in [1.165, 1.54) is 18.2 Å². The first-order valence-corrected chi connectivity index (χ1v) is 9.88. The molecule has 0 aromatic carbocycles. The van der Waals surface area contributed by atoms with Crippen molar-refractivity contribution in [3.05, 3.63) is 23.0 Å². The maximum Gasteiger partial charge on any atom is 0.433 e. The Kier molecular flexibility index (Phi) is 5.31. The summed E-state index contributed by atoms with van der Waals surface area (Å²) in [4.78, 5) is 5.56. The zero-order chi connectivity index (χ0) is 19.1. The maximum absolute atomic E-state index is 13.0. The molecule has 2 fully saturated rings. The van der Waals surface area contributed by atoms with Crippen molar-refractivity contribution in [2.45, 2.75) is 24.9 Å². The van der Waals surface area contributed by atoms with Crippen LogP contribution in [0, 0.1) is 19.8 Å². The average molecular weight is 393 g/mol. The molecule has 146 valence electrons. The molecule has 0 bridgehead atoms. The summed E-state index contributed by atoms with van der Waals surface area (Å²) in [5.74, 6) is 0.502. The third-order valence-electron chi connectivity index (χ3n) is 4.77. The van der Waals surface area contributed by atoms with E-state index in [4.69, 9.17) is 4.74 Å². The van der Waals surface area contributed by atoms with Gasteiger partial charge in [-0.3, -0.25) is 0 Å². The van der Waals surface area contributed by atoms with Gasteiger partial charge in [0.2, 0.25) is 10.0 Å². The molecule has 2 aliphatic rings. The molecule has 2 saturated heterocycles. The minimum atomic E-state index is -4.60. The first-order valence-electron chi connectivity index (χ1n) is 8.44. The van der Waals surface area contributed by atoms with Gasteiger partial charge in [-0.05, 0) is 25.5 Å². The third-order valence-corrected chi connectivity index (χ3v) is 6.95. The van der Waals surface area contributed by atoms with E-state index < -0.39 is 21.9 Å². The van der Waals surface area contributed by atoms with Crippen LogP contribution in [0.25, 0.3) is 0 Å². The largest absolute Gasteiger partial charge is 0.433 e. The summed E-state index contributed by atoms with van der Waals surface area (Å²) >= 11 is 0. The summed E-state index contributed by atoms with van der Waals surface area (Å²) in [5, 5.41) is 0. The summed E-state index contributed by atoms with van der Waals surface area (Å²) in [6.07, 6.45) is -4.60. The third kappa shape index (κ3) is 3.88. The smallest absolute Gasteiger partial charge is 0.381 e. The highest BCUT2D eigenvalue weighted by Gasteiger charge is 2.37. The van der Waals surface area contributed by atoms with E-state index in [1.807, 2.05) is 0 Å². The van der Waals surface area contributed by atoms with Crippen LogP contribution in [-0.4, -0.2) is 68.5 Å². The summed E-state index contributed by atoms with van der Waals surface area (Å²) in [7, 11) is -3.88. The average Bonchev–Trinajstić information content (AvgIpc) is 2.49. The number of halogens is 3. The zero-order valence-electron chi connectivity index (χ0n) is 14.7. The number of hydrogen-bond acceptors (Lipinski definition) is 5. The van der Waals surface area contributed by atoms with Crippen LogP contribution in [0.2, 0.25) is 0 Å². The van der Waals surface area contributed by atoms with Gasteiger partial charge in [-0.15, -0.1) is 0 Å². The van der Waals surface area contributed by atoms with E-state index in [1.54, 1.807) is 0 Å². The molecule has 0 N–H and O–H groups in total. The van der Waals surface area contributed by atoms with Crippen molar-refractivity contribution in [3.63, 3.8) is 0 Å². The number of hydrogen-bond donors (Lipinski definition) is 0. The molecule has 0 saturated carbocycles. The van der Waals surface area contributed by atoms with E-state index in [9.17, 15) is 21.6 Å². The van der Waals surface area contributed by atoms with Gasteiger partial charge in [-0.1, -0.05) is 0 Å². The maximum atomic E-state index is 13.0. The second-order valence-electron chi connectivity index (χ2n) is 6.84. The summed E-state index contributed by atoms with van der Waals surface area (Å²) in [6.45, 7) is 6.89. The molecule has 3 heterocycles. The predicted octanol–water partition coefficient (Wildman–Crippen LogP) is 1.67. The van der Waals surface area contributed by atoms with Crippen LogP contribution in [0.1, 0.15) is 17.0 Å². The van der Waals surface area contributed by atoms with Crippen molar-refractivity contribution < 1.29 is 26.3 Å². The van der Waals surface area contributed by atoms with Crippen LogP contribution in [0.15, 0.2) is 11.0 Å². The lowest BCUT2D eigenvalue weighted by Gasteiger charge is -2.38. The molecule has 10 heteroatoms. The van der Waals surface area contributed by atoms with Crippen molar-refractivity contribution in [1.82, 2.24) is 14.2 Å². The number of rotatable bonds is 4. The Morgan fingerprint density at radius 3 is 2.27 bits per heavy atom. The molecule has 0 atom stereocenters. The normalized spacial score (nSPS) is 21.0. The van der Waals surface area contributed by atoms with Crippen LogP contribution >= 0.6 is 0 Å². The summed E-state index contributed by atoms with van der Waals surface area (Å²) < 4.78 is 71.0. The fraction of sp³-hybridized carbons (Fsp3) is 0.688. The molecular weight excluding hydrogens is 371 g/mol. The first-order chi connectivity index (χ1) is 12.1. The highest BCUT2D eigenvalue weighted by molar-refractivity contribution is 7.89. The van der Waals surface area contributed by atoms with Crippen molar-refractivity contribution in [2.24, 2.45) is 5.92 Å². The van der Waals surface area contributed by atoms with Crippen molar-refractivity contribution in [1.29, 1.82) is 0 Å². The molecule has 0 radical (unpaired) electrons. The minimum Gasteiger partial charge on any atom is -0.381 e. The monoisotopic (exact) mass is 393 g/mol. The van der Waals surface area contributed by atoms with Gasteiger partial charge in [0.05, 0.1) is 18.9 Å².